The predicted molar refractivity (Wildman–Crippen MR) is 147 cm³/mol. The molecule has 3 atom stereocenters. The van der Waals surface area contributed by atoms with Crippen LogP contribution in [0.5, 0.6) is 5.75 Å². The van der Waals surface area contributed by atoms with E-state index < -0.39 is 31.7 Å². The van der Waals surface area contributed by atoms with Crippen LogP contribution in [0.4, 0.5) is 5.69 Å². The summed E-state index contributed by atoms with van der Waals surface area (Å²) in [4.78, 5) is 11.8. The molecule has 0 bridgehead atoms. The first-order valence-electron chi connectivity index (χ1n) is 12.6. The molecule has 2 unspecified atom stereocenters. The van der Waals surface area contributed by atoms with Crippen molar-refractivity contribution in [2.45, 2.75) is 41.6 Å². The van der Waals surface area contributed by atoms with Gasteiger partial charge in [-0.25, -0.2) is 8.42 Å². The molecule has 7 heteroatoms. The average molecular weight is 517 g/mol. The third-order valence-corrected chi connectivity index (χ3v) is 10.6. The molecule has 0 saturated carbocycles. The molecule has 1 aliphatic heterocycles. The first kappa shape index (κ1) is 25.1. The van der Waals surface area contributed by atoms with Crippen LogP contribution in [0.15, 0.2) is 85.5 Å². The summed E-state index contributed by atoms with van der Waals surface area (Å²) in [5, 5.41) is 2.12. The Balaban J connectivity index is 1.61. The maximum absolute atomic E-state index is 14.6. The summed E-state index contributed by atoms with van der Waals surface area (Å²) in [6.45, 7) is 4.39. The van der Waals surface area contributed by atoms with Gasteiger partial charge in [-0.2, -0.15) is 0 Å². The van der Waals surface area contributed by atoms with Crippen molar-refractivity contribution in [1.29, 1.82) is 0 Å². The molecule has 0 aromatic heterocycles. The molecule has 2 aliphatic rings. The maximum atomic E-state index is 14.6. The Morgan fingerprint density at radius 2 is 1.89 bits per heavy atom. The molecule has 5 rings (SSSR count). The zero-order chi connectivity index (χ0) is 26.0. The molecule has 3 aromatic carbocycles. The lowest BCUT2D eigenvalue weighted by Crippen LogP contribution is -2.55. The monoisotopic (exact) mass is 516 g/mol. The van der Waals surface area contributed by atoms with Gasteiger partial charge >= 0.3 is 0 Å². The fraction of sp³-hybridized carbons (Fsp3) is 0.300. The molecule has 1 amide bonds. The molecule has 1 heterocycles. The number of anilines is 1. The van der Waals surface area contributed by atoms with Crippen molar-refractivity contribution >= 4 is 21.4 Å². The number of benzene rings is 3. The minimum atomic E-state index is -3.67. The Morgan fingerprint density at radius 3 is 2.65 bits per heavy atom. The van der Waals surface area contributed by atoms with Gasteiger partial charge in [0.2, 0.25) is 5.91 Å². The molecular weight excluding hydrogens is 484 g/mol. The number of nitrogens with one attached hydrogen (secondary N) is 1. The highest BCUT2D eigenvalue weighted by atomic mass is 32.2. The summed E-state index contributed by atoms with van der Waals surface area (Å²) in [5.41, 5.74) is 8.63. The fourth-order valence-corrected chi connectivity index (χ4v) is 8.68. The van der Waals surface area contributed by atoms with Crippen LogP contribution in [0.25, 0.3) is 0 Å². The average Bonchev–Trinajstić information content (AvgIpc) is 3.09. The largest absolute Gasteiger partial charge is 0.490 e. The summed E-state index contributed by atoms with van der Waals surface area (Å²) in [5.74, 6) is 0.0484. The van der Waals surface area contributed by atoms with E-state index in [2.05, 4.69) is 18.0 Å². The second-order valence-corrected chi connectivity index (χ2v) is 12.2. The summed E-state index contributed by atoms with van der Waals surface area (Å²) < 4.78 is 35.6. The number of allylic oxidation sites excluding steroid dienone is 1. The Hall–Kier alpha value is -3.58. The number of hydrogen-bond acceptors (Lipinski definition) is 5. The Morgan fingerprint density at radius 1 is 1.14 bits per heavy atom. The number of hydrogen-bond donors (Lipinski definition) is 2. The maximum Gasteiger partial charge on any atom is 0.248 e. The number of aryl methyl sites for hydroxylation is 1. The molecule has 3 N–H and O–H groups in total. The van der Waals surface area contributed by atoms with Gasteiger partial charge in [-0.15, -0.1) is 6.58 Å². The van der Waals surface area contributed by atoms with E-state index in [1.165, 1.54) is 0 Å². The molecule has 3 aromatic rings. The zero-order valence-corrected chi connectivity index (χ0v) is 21.5. The number of fused-ring (bicyclic) bond motifs is 3. The molecular formula is C30H32N2O4S. The van der Waals surface area contributed by atoms with Gasteiger partial charge in [0.25, 0.3) is 0 Å². The van der Waals surface area contributed by atoms with Crippen LogP contribution in [-0.4, -0.2) is 32.7 Å². The van der Waals surface area contributed by atoms with E-state index >= 15 is 0 Å². The molecule has 1 aliphatic carbocycles. The first-order valence-corrected chi connectivity index (χ1v) is 14.3. The van der Waals surface area contributed by atoms with Crippen LogP contribution in [0.1, 0.15) is 51.6 Å². The number of rotatable bonds is 7. The van der Waals surface area contributed by atoms with Gasteiger partial charge in [0, 0.05) is 12.1 Å². The van der Waals surface area contributed by atoms with Crippen molar-refractivity contribution in [2.75, 3.05) is 18.5 Å². The molecule has 6 nitrogen and oxygen atoms in total. The first-order chi connectivity index (χ1) is 17.9. The second kappa shape index (κ2) is 10.1. The van der Waals surface area contributed by atoms with Crippen LogP contribution in [-0.2, 0) is 21.7 Å². The van der Waals surface area contributed by atoms with Gasteiger partial charge < -0.3 is 15.8 Å². The number of primary amides is 1. The van der Waals surface area contributed by atoms with Crippen molar-refractivity contribution in [3.63, 3.8) is 0 Å². The minimum absolute atomic E-state index is 0.201. The Kier molecular flexibility index (Phi) is 6.82. The van der Waals surface area contributed by atoms with Crippen molar-refractivity contribution in [1.82, 2.24) is 0 Å². The van der Waals surface area contributed by atoms with Gasteiger partial charge in [0.05, 0.1) is 21.6 Å². The number of ether oxygens (including phenoxy) is 1. The van der Waals surface area contributed by atoms with Crippen molar-refractivity contribution in [2.24, 2.45) is 5.73 Å². The third-order valence-electron chi connectivity index (χ3n) is 7.79. The van der Waals surface area contributed by atoms with E-state index in [9.17, 15) is 13.2 Å². The zero-order valence-electron chi connectivity index (χ0n) is 20.7. The molecule has 192 valence electrons. The topological polar surface area (TPSA) is 98.5 Å². The Labute approximate surface area is 218 Å². The SMILES string of the molecule is C=CCC[C@H](c1ccccc1)S(=O)(=O)C1CCc2ccccc2C12CNc1cc(C(N)=O)ccc1OC2. The summed E-state index contributed by atoms with van der Waals surface area (Å²) in [6, 6.07) is 22.6. The Bertz CT molecular complexity index is 1420. The van der Waals surface area contributed by atoms with E-state index in [4.69, 9.17) is 10.5 Å². The standard InChI is InChI=1S/C30H32N2O4S/c1-2-3-13-27(22-10-5-4-6-11-22)37(34,35)28-17-15-21-9-7-8-12-24(21)30(28)19-32-25-18-23(29(31)33)14-16-26(25)36-20-30/h2,4-12,14,16,18,27-28,32H,1,3,13,15,17,19-20H2,(H2,31,33)/t27-,28?,30?/m1/s1. The molecule has 0 fully saturated rings. The summed E-state index contributed by atoms with van der Waals surface area (Å²) >= 11 is 0. The molecule has 0 radical (unpaired) electrons. The van der Waals surface area contributed by atoms with E-state index in [1.54, 1.807) is 24.3 Å². The van der Waals surface area contributed by atoms with Crippen LogP contribution in [0, 0.1) is 0 Å². The lowest BCUT2D eigenvalue weighted by atomic mass is 9.70. The predicted octanol–water partition coefficient (Wildman–Crippen LogP) is 4.96. The van der Waals surface area contributed by atoms with Crippen LogP contribution < -0.4 is 15.8 Å². The van der Waals surface area contributed by atoms with Crippen molar-refractivity contribution < 1.29 is 17.9 Å². The second-order valence-electron chi connectivity index (χ2n) is 9.91. The highest BCUT2D eigenvalue weighted by Crippen LogP contribution is 2.47. The highest BCUT2D eigenvalue weighted by molar-refractivity contribution is 7.92. The van der Waals surface area contributed by atoms with Crippen LogP contribution in [0.3, 0.4) is 0 Å². The van der Waals surface area contributed by atoms with Crippen LogP contribution >= 0.6 is 0 Å². The van der Waals surface area contributed by atoms with Crippen molar-refractivity contribution in [3.8, 4) is 5.75 Å². The number of carbonyl (C=O) groups is 1. The van der Waals surface area contributed by atoms with E-state index in [-0.39, 0.29) is 6.61 Å². The highest BCUT2D eigenvalue weighted by Gasteiger charge is 2.53. The quantitative estimate of drug-likeness (QED) is 0.432. The van der Waals surface area contributed by atoms with Gasteiger partial charge in [0.15, 0.2) is 9.84 Å². The van der Waals surface area contributed by atoms with E-state index in [1.807, 2.05) is 48.5 Å². The number of nitrogens with two attached hydrogens (primary N) is 1. The normalized spacial score (nSPS) is 21.5. The number of amides is 1. The minimum Gasteiger partial charge on any atom is -0.490 e. The molecule has 0 saturated heterocycles. The third kappa shape index (κ3) is 4.53. The number of carbonyl (C=O) groups excluding carboxylic acids is 1. The van der Waals surface area contributed by atoms with Gasteiger partial charge in [-0.05, 0) is 60.6 Å². The molecule has 37 heavy (non-hydrogen) atoms. The van der Waals surface area contributed by atoms with Crippen LogP contribution in [0.2, 0.25) is 0 Å². The summed E-state index contributed by atoms with van der Waals surface area (Å²) in [7, 11) is -3.67. The fourth-order valence-electron chi connectivity index (χ4n) is 5.93. The van der Waals surface area contributed by atoms with Gasteiger partial charge in [-0.1, -0.05) is 60.7 Å². The van der Waals surface area contributed by atoms with E-state index in [0.29, 0.717) is 49.2 Å². The molecule has 1 spiro atoms. The van der Waals surface area contributed by atoms with Gasteiger partial charge in [0.1, 0.15) is 12.4 Å². The lowest BCUT2D eigenvalue weighted by Gasteiger charge is -2.45. The van der Waals surface area contributed by atoms with Gasteiger partial charge in [-0.3, -0.25) is 4.79 Å². The lowest BCUT2D eigenvalue weighted by molar-refractivity contribution is 0.1000. The van der Waals surface area contributed by atoms with E-state index in [0.717, 1.165) is 16.7 Å². The van der Waals surface area contributed by atoms with Crippen molar-refractivity contribution in [3.05, 3.63) is 108 Å². The smallest absolute Gasteiger partial charge is 0.248 e. The number of sulfone groups is 1. The summed E-state index contributed by atoms with van der Waals surface area (Å²) in [6.07, 6.45) is 4.04.